The van der Waals surface area contributed by atoms with E-state index < -0.39 is 0 Å². The molecule has 4 heteroatoms. The van der Waals surface area contributed by atoms with Crippen LogP contribution in [0.25, 0.3) is 0 Å². The standard InChI is InChI=1S/C11H18N2O2/c1-9(14)7-11(15)13-6-5-12-4-2-3-10(12)8-13/h10H,2-8H2,1H3. The van der Waals surface area contributed by atoms with E-state index in [2.05, 4.69) is 4.90 Å². The van der Waals surface area contributed by atoms with Crippen molar-refractivity contribution in [2.24, 2.45) is 0 Å². The molecule has 0 bridgehead atoms. The zero-order valence-electron chi connectivity index (χ0n) is 9.24. The number of piperazine rings is 1. The number of fused-ring (bicyclic) bond motifs is 1. The lowest BCUT2D eigenvalue weighted by Crippen LogP contribution is -2.52. The molecular weight excluding hydrogens is 192 g/mol. The van der Waals surface area contributed by atoms with Gasteiger partial charge in [0.15, 0.2) is 0 Å². The molecular formula is C11H18N2O2. The van der Waals surface area contributed by atoms with Gasteiger partial charge in [-0.05, 0) is 26.3 Å². The van der Waals surface area contributed by atoms with Crippen molar-refractivity contribution in [3.8, 4) is 0 Å². The Labute approximate surface area is 90.2 Å². The summed E-state index contributed by atoms with van der Waals surface area (Å²) in [5.74, 6) is -0.0251. The molecule has 2 rings (SSSR count). The molecule has 2 aliphatic rings. The molecule has 0 aromatic carbocycles. The Kier molecular flexibility index (Phi) is 3.05. The Morgan fingerprint density at radius 2 is 2.07 bits per heavy atom. The second-order valence-electron chi connectivity index (χ2n) is 4.55. The smallest absolute Gasteiger partial charge is 0.230 e. The van der Waals surface area contributed by atoms with Gasteiger partial charge in [0.25, 0.3) is 0 Å². The van der Waals surface area contributed by atoms with Gasteiger partial charge in [0, 0.05) is 25.7 Å². The number of amides is 1. The number of nitrogens with zero attached hydrogens (tertiary/aromatic N) is 2. The molecule has 0 N–H and O–H groups in total. The summed E-state index contributed by atoms with van der Waals surface area (Å²) in [5.41, 5.74) is 0. The van der Waals surface area contributed by atoms with E-state index in [1.54, 1.807) is 0 Å². The fourth-order valence-electron chi connectivity index (χ4n) is 2.54. The Morgan fingerprint density at radius 1 is 1.27 bits per heavy atom. The van der Waals surface area contributed by atoms with E-state index in [0.29, 0.717) is 6.04 Å². The average Bonchev–Trinajstić information content (AvgIpc) is 2.62. The number of Topliss-reactive ketones (excluding diaryl/α,β-unsaturated/α-hetero) is 1. The van der Waals surface area contributed by atoms with Crippen molar-refractivity contribution in [3.63, 3.8) is 0 Å². The summed E-state index contributed by atoms with van der Waals surface area (Å²) in [5, 5.41) is 0. The van der Waals surface area contributed by atoms with Crippen LogP contribution >= 0.6 is 0 Å². The van der Waals surface area contributed by atoms with Crippen LogP contribution in [0.2, 0.25) is 0 Å². The van der Waals surface area contributed by atoms with Gasteiger partial charge in [-0.2, -0.15) is 0 Å². The SMILES string of the molecule is CC(=O)CC(=O)N1CCN2CCCC2C1. The molecule has 0 aromatic rings. The molecule has 0 aliphatic carbocycles. The molecule has 0 spiro atoms. The lowest BCUT2D eigenvalue weighted by Gasteiger charge is -2.37. The average molecular weight is 210 g/mol. The van der Waals surface area contributed by atoms with Crippen molar-refractivity contribution in [2.75, 3.05) is 26.2 Å². The quantitative estimate of drug-likeness (QED) is 0.614. The minimum Gasteiger partial charge on any atom is -0.339 e. The van der Waals surface area contributed by atoms with Crippen LogP contribution in [-0.4, -0.2) is 53.7 Å². The highest BCUT2D eigenvalue weighted by molar-refractivity contribution is 5.96. The number of hydrogen-bond acceptors (Lipinski definition) is 3. The molecule has 2 heterocycles. The predicted molar refractivity (Wildman–Crippen MR) is 56.5 cm³/mol. The van der Waals surface area contributed by atoms with E-state index in [-0.39, 0.29) is 18.1 Å². The molecule has 2 fully saturated rings. The summed E-state index contributed by atoms with van der Waals surface area (Å²) in [6, 6.07) is 0.551. The van der Waals surface area contributed by atoms with Crippen LogP contribution in [0.5, 0.6) is 0 Å². The Bertz CT molecular complexity index is 278. The summed E-state index contributed by atoms with van der Waals surface area (Å²) in [7, 11) is 0. The third kappa shape index (κ3) is 2.37. The summed E-state index contributed by atoms with van der Waals surface area (Å²) >= 11 is 0. The van der Waals surface area contributed by atoms with Crippen LogP contribution in [0.1, 0.15) is 26.2 Å². The normalized spacial score (nSPS) is 26.5. The van der Waals surface area contributed by atoms with Gasteiger partial charge >= 0.3 is 0 Å². The van der Waals surface area contributed by atoms with Crippen LogP contribution in [0.15, 0.2) is 0 Å². The van der Waals surface area contributed by atoms with Gasteiger partial charge in [-0.25, -0.2) is 0 Å². The summed E-state index contributed by atoms with van der Waals surface area (Å²) in [6.45, 7) is 5.26. The second-order valence-corrected chi connectivity index (χ2v) is 4.55. The first-order chi connectivity index (χ1) is 7.16. The minimum atomic E-state index is -0.0335. The van der Waals surface area contributed by atoms with Gasteiger partial charge in [-0.3, -0.25) is 14.5 Å². The topological polar surface area (TPSA) is 40.6 Å². The van der Waals surface area contributed by atoms with Crippen molar-refractivity contribution in [2.45, 2.75) is 32.2 Å². The molecule has 4 nitrogen and oxygen atoms in total. The zero-order valence-corrected chi connectivity index (χ0v) is 9.24. The summed E-state index contributed by atoms with van der Waals surface area (Å²) in [4.78, 5) is 26.9. The largest absolute Gasteiger partial charge is 0.339 e. The predicted octanol–water partition coefficient (Wildman–Crippen LogP) is 0.272. The Hall–Kier alpha value is -0.900. The fourth-order valence-corrected chi connectivity index (χ4v) is 2.54. The first kappa shape index (κ1) is 10.6. The molecule has 1 atom stereocenters. The van der Waals surface area contributed by atoms with Crippen molar-refractivity contribution in [1.82, 2.24) is 9.80 Å². The van der Waals surface area contributed by atoms with Gasteiger partial charge in [0.2, 0.25) is 5.91 Å². The van der Waals surface area contributed by atoms with Crippen LogP contribution in [-0.2, 0) is 9.59 Å². The third-order valence-corrected chi connectivity index (χ3v) is 3.34. The first-order valence-electron chi connectivity index (χ1n) is 5.68. The van der Waals surface area contributed by atoms with E-state index in [0.717, 1.165) is 19.6 Å². The third-order valence-electron chi connectivity index (χ3n) is 3.34. The van der Waals surface area contributed by atoms with Gasteiger partial charge in [-0.15, -0.1) is 0 Å². The zero-order chi connectivity index (χ0) is 10.8. The van der Waals surface area contributed by atoms with Gasteiger partial charge < -0.3 is 4.90 Å². The van der Waals surface area contributed by atoms with Crippen molar-refractivity contribution >= 4 is 11.7 Å². The molecule has 1 amide bonds. The van der Waals surface area contributed by atoms with E-state index in [1.807, 2.05) is 4.90 Å². The van der Waals surface area contributed by atoms with Gasteiger partial charge in [0.05, 0.1) is 6.42 Å². The molecule has 0 radical (unpaired) electrons. The molecule has 2 saturated heterocycles. The molecule has 84 valence electrons. The van der Waals surface area contributed by atoms with Crippen molar-refractivity contribution in [1.29, 1.82) is 0 Å². The second kappa shape index (κ2) is 4.31. The number of rotatable bonds is 2. The van der Waals surface area contributed by atoms with Crippen LogP contribution in [0.3, 0.4) is 0 Å². The van der Waals surface area contributed by atoms with E-state index >= 15 is 0 Å². The highest BCUT2D eigenvalue weighted by Gasteiger charge is 2.32. The van der Waals surface area contributed by atoms with Crippen LogP contribution < -0.4 is 0 Å². The summed E-state index contributed by atoms with van der Waals surface area (Å²) in [6.07, 6.45) is 2.52. The molecule has 15 heavy (non-hydrogen) atoms. The maximum absolute atomic E-state index is 11.7. The molecule has 0 saturated carbocycles. The molecule has 2 aliphatic heterocycles. The van der Waals surface area contributed by atoms with E-state index in [4.69, 9.17) is 0 Å². The maximum atomic E-state index is 11.7. The molecule has 0 aromatic heterocycles. The van der Waals surface area contributed by atoms with Crippen LogP contribution in [0.4, 0.5) is 0 Å². The Balaban J connectivity index is 1.89. The number of carbonyl (C=O) groups excluding carboxylic acids is 2. The Morgan fingerprint density at radius 3 is 2.80 bits per heavy atom. The number of ketones is 1. The number of carbonyl (C=O) groups is 2. The van der Waals surface area contributed by atoms with Crippen molar-refractivity contribution < 1.29 is 9.59 Å². The van der Waals surface area contributed by atoms with Gasteiger partial charge in [0.1, 0.15) is 5.78 Å². The lowest BCUT2D eigenvalue weighted by atomic mass is 10.1. The van der Waals surface area contributed by atoms with E-state index in [1.165, 1.54) is 26.3 Å². The highest BCUT2D eigenvalue weighted by Crippen LogP contribution is 2.21. The molecule has 1 unspecified atom stereocenters. The van der Waals surface area contributed by atoms with Gasteiger partial charge in [-0.1, -0.05) is 0 Å². The van der Waals surface area contributed by atoms with E-state index in [9.17, 15) is 9.59 Å². The minimum absolute atomic E-state index is 0.00838. The lowest BCUT2D eigenvalue weighted by molar-refractivity contribution is -0.136. The van der Waals surface area contributed by atoms with Crippen molar-refractivity contribution in [3.05, 3.63) is 0 Å². The summed E-state index contributed by atoms with van der Waals surface area (Å²) < 4.78 is 0. The first-order valence-corrected chi connectivity index (χ1v) is 5.68. The monoisotopic (exact) mass is 210 g/mol. The number of hydrogen-bond donors (Lipinski definition) is 0. The fraction of sp³-hybridized carbons (Fsp3) is 0.818. The highest BCUT2D eigenvalue weighted by atomic mass is 16.2. The van der Waals surface area contributed by atoms with Crippen LogP contribution in [0, 0.1) is 0 Å². The maximum Gasteiger partial charge on any atom is 0.230 e.